The number of nitrogens with zero attached hydrogens (tertiary/aromatic N) is 3. The molecular formula is C22H19N3O2S. The van der Waals surface area contributed by atoms with Crippen molar-refractivity contribution in [3.63, 3.8) is 0 Å². The monoisotopic (exact) mass is 389 g/mol. The highest BCUT2D eigenvalue weighted by molar-refractivity contribution is 7.98. The van der Waals surface area contributed by atoms with Crippen molar-refractivity contribution in [1.29, 1.82) is 0 Å². The van der Waals surface area contributed by atoms with Crippen LogP contribution in [-0.4, -0.2) is 25.6 Å². The Hall–Kier alpha value is -3.12. The number of carboxylic acid groups (broad SMARTS) is 1. The fourth-order valence-electron chi connectivity index (χ4n) is 3.04. The lowest BCUT2D eigenvalue weighted by Gasteiger charge is -2.10. The molecule has 5 nitrogen and oxygen atoms in total. The molecule has 6 heteroatoms. The van der Waals surface area contributed by atoms with Crippen LogP contribution < -0.4 is 0 Å². The van der Waals surface area contributed by atoms with Crippen LogP contribution in [0.1, 0.15) is 27.0 Å². The zero-order chi connectivity index (χ0) is 19.5. The summed E-state index contributed by atoms with van der Waals surface area (Å²) in [4.78, 5) is 20.4. The van der Waals surface area contributed by atoms with Gasteiger partial charge in [0.1, 0.15) is 5.52 Å². The molecule has 4 aromatic rings. The zero-order valence-corrected chi connectivity index (χ0v) is 16.2. The number of pyridine rings is 1. The molecule has 2 aromatic heterocycles. The van der Waals surface area contributed by atoms with Crippen molar-refractivity contribution in [3.8, 4) is 0 Å². The largest absolute Gasteiger partial charge is 0.478 e. The smallest absolute Gasteiger partial charge is 0.335 e. The maximum atomic E-state index is 11.1. The van der Waals surface area contributed by atoms with Gasteiger partial charge in [0.2, 0.25) is 0 Å². The molecule has 0 saturated carbocycles. The number of thioether (sulfide) groups is 1. The minimum atomic E-state index is -0.921. The molecule has 28 heavy (non-hydrogen) atoms. The Bertz CT molecular complexity index is 1140. The molecule has 0 aliphatic heterocycles. The third-order valence-electron chi connectivity index (χ3n) is 4.63. The Labute approximate surface area is 167 Å². The Morgan fingerprint density at radius 1 is 1.07 bits per heavy atom. The molecule has 2 aromatic carbocycles. The first-order valence-electron chi connectivity index (χ1n) is 8.92. The number of aromatic carboxylic acids is 1. The molecule has 140 valence electrons. The molecule has 0 aliphatic carbocycles. The number of hydrogen-bond acceptors (Lipinski definition) is 4. The predicted molar refractivity (Wildman–Crippen MR) is 111 cm³/mol. The average Bonchev–Trinajstić information content (AvgIpc) is 3.05. The van der Waals surface area contributed by atoms with Gasteiger partial charge in [0.05, 0.1) is 12.1 Å². The lowest BCUT2D eigenvalue weighted by Crippen LogP contribution is -2.04. The molecule has 0 atom stereocenters. The van der Waals surface area contributed by atoms with Gasteiger partial charge in [0.15, 0.2) is 10.8 Å². The van der Waals surface area contributed by atoms with Crippen LogP contribution in [0.2, 0.25) is 0 Å². The van der Waals surface area contributed by atoms with Gasteiger partial charge in [-0.25, -0.2) is 14.8 Å². The van der Waals surface area contributed by atoms with E-state index >= 15 is 0 Å². The SMILES string of the molecule is Cc1ccccc1CSc1nc2cccnc2n1Cc1ccc(C(=O)O)cc1. The maximum Gasteiger partial charge on any atom is 0.335 e. The summed E-state index contributed by atoms with van der Waals surface area (Å²) in [5, 5.41) is 9.99. The highest BCUT2D eigenvalue weighted by Gasteiger charge is 2.13. The summed E-state index contributed by atoms with van der Waals surface area (Å²) in [7, 11) is 0. The number of aromatic nitrogens is 3. The van der Waals surface area contributed by atoms with Crippen molar-refractivity contribution >= 4 is 28.9 Å². The van der Waals surface area contributed by atoms with Gasteiger partial charge in [0, 0.05) is 11.9 Å². The quantitative estimate of drug-likeness (QED) is 0.481. The molecule has 0 unspecified atom stereocenters. The van der Waals surface area contributed by atoms with Gasteiger partial charge >= 0.3 is 5.97 Å². The van der Waals surface area contributed by atoms with Crippen molar-refractivity contribution in [2.24, 2.45) is 0 Å². The molecule has 4 rings (SSSR count). The fourth-order valence-corrected chi connectivity index (χ4v) is 4.12. The summed E-state index contributed by atoms with van der Waals surface area (Å²) >= 11 is 1.69. The van der Waals surface area contributed by atoms with Gasteiger partial charge in [-0.1, -0.05) is 48.2 Å². The van der Waals surface area contributed by atoms with E-state index in [1.807, 2.05) is 30.3 Å². The number of rotatable bonds is 6. The van der Waals surface area contributed by atoms with E-state index in [1.165, 1.54) is 11.1 Å². The number of benzene rings is 2. The highest BCUT2D eigenvalue weighted by atomic mass is 32.2. The number of carboxylic acids is 1. The number of aryl methyl sites for hydroxylation is 1. The van der Waals surface area contributed by atoms with E-state index in [1.54, 1.807) is 30.1 Å². The van der Waals surface area contributed by atoms with E-state index in [9.17, 15) is 4.79 Å². The summed E-state index contributed by atoms with van der Waals surface area (Å²) < 4.78 is 2.09. The molecular weight excluding hydrogens is 370 g/mol. The van der Waals surface area contributed by atoms with Crippen molar-refractivity contribution in [3.05, 3.63) is 89.1 Å². The first-order chi connectivity index (χ1) is 13.6. The lowest BCUT2D eigenvalue weighted by molar-refractivity contribution is 0.0697. The van der Waals surface area contributed by atoms with E-state index in [-0.39, 0.29) is 5.56 Å². The predicted octanol–water partition coefficient (Wildman–Crippen LogP) is 4.78. The van der Waals surface area contributed by atoms with Crippen LogP contribution >= 0.6 is 11.8 Å². The first kappa shape index (κ1) is 18.3. The number of hydrogen-bond donors (Lipinski definition) is 1. The lowest BCUT2D eigenvalue weighted by atomic mass is 10.1. The van der Waals surface area contributed by atoms with Crippen LogP contribution in [-0.2, 0) is 12.3 Å². The molecule has 1 N–H and O–H groups in total. The summed E-state index contributed by atoms with van der Waals surface area (Å²) in [6, 6.07) is 19.1. The van der Waals surface area contributed by atoms with E-state index in [0.29, 0.717) is 6.54 Å². The molecule has 0 aliphatic rings. The summed E-state index contributed by atoms with van der Waals surface area (Å²) in [6.45, 7) is 2.70. The second kappa shape index (κ2) is 7.86. The van der Waals surface area contributed by atoms with Gasteiger partial charge in [-0.3, -0.25) is 4.57 Å². The van der Waals surface area contributed by atoms with Crippen molar-refractivity contribution in [1.82, 2.24) is 14.5 Å². The minimum Gasteiger partial charge on any atom is -0.478 e. The second-order valence-corrected chi connectivity index (χ2v) is 7.49. The Balaban J connectivity index is 1.65. The van der Waals surface area contributed by atoms with Gasteiger partial charge in [-0.2, -0.15) is 0 Å². The fraction of sp³-hybridized carbons (Fsp3) is 0.136. The Kier molecular flexibility index (Phi) is 5.12. The van der Waals surface area contributed by atoms with E-state index < -0.39 is 5.97 Å². The first-order valence-corrected chi connectivity index (χ1v) is 9.91. The minimum absolute atomic E-state index is 0.284. The molecule has 0 spiro atoms. The summed E-state index contributed by atoms with van der Waals surface area (Å²) in [5.74, 6) is -0.0933. The van der Waals surface area contributed by atoms with E-state index in [0.717, 1.165) is 27.6 Å². The number of fused-ring (bicyclic) bond motifs is 1. The molecule has 0 bridgehead atoms. The molecule has 2 heterocycles. The van der Waals surface area contributed by atoms with Crippen molar-refractivity contribution in [2.45, 2.75) is 24.4 Å². The van der Waals surface area contributed by atoms with Crippen LogP contribution in [0, 0.1) is 6.92 Å². The van der Waals surface area contributed by atoms with Crippen molar-refractivity contribution in [2.75, 3.05) is 0 Å². The van der Waals surface area contributed by atoms with E-state index in [4.69, 9.17) is 10.1 Å². The summed E-state index contributed by atoms with van der Waals surface area (Å²) in [5.41, 5.74) is 5.53. The standard InChI is InChI=1S/C22H19N3O2S/c1-15-5-2-3-6-18(15)14-28-22-24-19-7-4-12-23-20(19)25(22)13-16-8-10-17(11-9-16)21(26)27/h2-12H,13-14H2,1H3,(H,26,27). The van der Waals surface area contributed by atoms with Crippen molar-refractivity contribution < 1.29 is 9.90 Å². The number of imidazole rings is 1. The average molecular weight is 389 g/mol. The second-order valence-electron chi connectivity index (χ2n) is 6.54. The Morgan fingerprint density at radius 3 is 2.61 bits per heavy atom. The zero-order valence-electron chi connectivity index (χ0n) is 15.4. The third-order valence-corrected chi connectivity index (χ3v) is 5.65. The van der Waals surface area contributed by atoms with Gasteiger partial charge in [0.25, 0.3) is 0 Å². The van der Waals surface area contributed by atoms with Gasteiger partial charge in [-0.15, -0.1) is 0 Å². The van der Waals surface area contributed by atoms with Crippen LogP contribution in [0.4, 0.5) is 0 Å². The maximum absolute atomic E-state index is 11.1. The van der Waals surface area contributed by atoms with Crippen LogP contribution in [0.25, 0.3) is 11.2 Å². The molecule has 0 amide bonds. The van der Waals surface area contributed by atoms with E-state index in [2.05, 4.69) is 34.7 Å². The molecule has 0 saturated heterocycles. The Morgan fingerprint density at radius 2 is 1.86 bits per heavy atom. The topological polar surface area (TPSA) is 68.0 Å². The third kappa shape index (κ3) is 3.77. The van der Waals surface area contributed by atoms with Gasteiger partial charge < -0.3 is 5.11 Å². The highest BCUT2D eigenvalue weighted by Crippen LogP contribution is 2.27. The van der Waals surface area contributed by atoms with Crippen LogP contribution in [0.5, 0.6) is 0 Å². The molecule has 0 fully saturated rings. The van der Waals surface area contributed by atoms with Gasteiger partial charge in [-0.05, 0) is 47.9 Å². The molecule has 0 radical (unpaired) electrons. The van der Waals surface area contributed by atoms with Crippen LogP contribution in [0.3, 0.4) is 0 Å². The number of carbonyl (C=O) groups is 1. The normalized spacial score (nSPS) is 11.0. The van der Waals surface area contributed by atoms with Crippen LogP contribution in [0.15, 0.2) is 72.0 Å². The summed E-state index contributed by atoms with van der Waals surface area (Å²) in [6.07, 6.45) is 1.77.